The summed E-state index contributed by atoms with van der Waals surface area (Å²) in [5.74, 6) is 0.812. The topological polar surface area (TPSA) is 91.1 Å². The van der Waals surface area contributed by atoms with E-state index in [0.29, 0.717) is 27.2 Å². The number of fused-ring (bicyclic) bond motifs is 3. The molecule has 2 heterocycles. The Bertz CT molecular complexity index is 1160. The number of aromatic nitrogens is 3. The van der Waals surface area contributed by atoms with Crippen molar-refractivity contribution in [1.29, 1.82) is 0 Å². The van der Waals surface area contributed by atoms with E-state index in [9.17, 15) is 9.90 Å². The number of nitrogens with one attached hydrogen (secondary N) is 2. The quantitative estimate of drug-likeness (QED) is 0.327. The number of hydrogen-bond donors (Lipinski definition) is 3. The van der Waals surface area contributed by atoms with Crippen molar-refractivity contribution in [2.24, 2.45) is 0 Å². The Balaban J connectivity index is 1.96. The van der Waals surface area contributed by atoms with Crippen LogP contribution in [0.1, 0.15) is 11.7 Å². The normalized spacial score (nSPS) is 14.5. The molecule has 3 N–H and O–H groups in total. The zero-order chi connectivity index (χ0) is 20.5. The van der Waals surface area contributed by atoms with Crippen LogP contribution in [0.4, 0.5) is 5.69 Å². The Morgan fingerprint density at radius 1 is 1.41 bits per heavy atom. The molecule has 0 radical (unpaired) electrons. The second-order valence-corrected chi connectivity index (χ2v) is 7.71. The number of thioether (sulfide) groups is 1. The van der Waals surface area contributed by atoms with Crippen molar-refractivity contribution in [1.82, 2.24) is 10.1 Å². The summed E-state index contributed by atoms with van der Waals surface area (Å²) in [7, 11) is 1.46. The average Bonchev–Trinajstić information content (AvgIpc) is 2.71. The molecule has 1 atom stereocenters. The van der Waals surface area contributed by atoms with E-state index in [2.05, 4.69) is 22.0 Å². The first-order chi connectivity index (χ1) is 14.0. The van der Waals surface area contributed by atoms with Crippen molar-refractivity contribution >= 4 is 29.1 Å². The minimum Gasteiger partial charge on any atom is -0.504 e. The molecule has 1 aliphatic heterocycles. The Hall–Kier alpha value is -2.97. The van der Waals surface area contributed by atoms with Gasteiger partial charge in [0.05, 0.1) is 28.9 Å². The number of ether oxygens (including phenoxy) is 1. The number of rotatable bonds is 5. The molecule has 7 nitrogen and oxygen atoms in total. The number of hydrogen-bond acceptors (Lipinski definition) is 6. The van der Waals surface area contributed by atoms with Gasteiger partial charge in [-0.2, -0.15) is 0 Å². The fourth-order valence-electron chi connectivity index (χ4n) is 3.23. The number of benzene rings is 2. The van der Waals surface area contributed by atoms with Crippen LogP contribution in [0.3, 0.4) is 0 Å². The maximum atomic E-state index is 13.0. The molecule has 0 bridgehead atoms. The van der Waals surface area contributed by atoms with Crippen molar-refractivity contribution in [2.75, 3.05) is 18.2 Å². The van der Waals surface area contributed by atoms with Gasteiger partial charge in [-0.3, -0.25) is 9.78 Å². The van der Waals surface area contributed by atoms with Crippen LogP contribution in [-0.4, -0.2) is 28.1 Å². The summed E-state index contributed by atoms with van der Waals surface area (Å²) >= 11 is 7.82. The SMILES string of the molecule is C=CCSc1n[n+]2c(c(=O)[nH]1)-c1ccccc1N[C@H]2c1cc(OC)c(O)cc1Cl. The monoisotopic (exact) mass is 429 g/mol. The lowest BCUT2D eigenvalue weighted by atomic mass is 10.0. The molecule has 4 rings (SSSR count). The highest BCUT2D eigenvalue weighted by atomic mass is 35.5. The molecular weight excluding hydrogens is 412 g/mol. The second kappa shape index (κ2) is 7.81. The van der Waals surface area contributed by atoms with Crippen LogP contribution in [0.2, 0.25) is 5.02 Å². The first-order valence-electron chi connectivity index (χ1n) is 8.75. The van der Waals surface area contributed by atoms with E-state index in [1.54, 1.807) is 16.8 Å². The van der Waals surface area contributed by atoms with Gasteiger partial charge in [-0.05, 0) is 22.9 Å². The number of methoxy groups -OCH3 is 1. The van der Waals surface area contributed by atoms with Crippen LogP contribution in [-0.2, 0) is 0 Å². The number of phenols is 1. The zero-order valence-corrected chi connectivity index (χ0v) is 17.0. The highest BCUT2D eigenvalue weighted by Crippen LogP contribution is 2.38. The van der Waals surface area contributed by atoms with E-state index in [1.807, 2.05) is 24.3 Å². The summed E-state index contributed by atoms with van der Waals surface area (Å²) in [5.41, 5.74) is 2.28. The van der Waals surface area contributed by atoms with Crippen molar-refractivity contribution < 1.29 is 14.5 Å². The van der Waals surface area contributed by atoms with E-state index in [-0.39, 0.29) is 17.1 Å². The molecule has 0 aliphatic carbocycles. The van der Waals surface area contributed by atoms with Gasteiger partial charge in [-0.15, -0.1) is 6.58 Å². The van der Waals surface area contributed by atoms with E-state index in [4.69, 9.17) is 16.3 Å². The van der Waals surface area contributed by atoms with Gasteiger partial charge in [-0.1, -0.05) is 41.6 Å². The van der Waals surface area contributed by atoms with Gasteiger partial charge in [0.1, 0.15) is 0 Å². The predicted octanol–water partition coefficient (Wildman–Crippen LogP) is 3.34. The molecule has 1 aromatic heterocycles. The third-order valence-corrected chi connectivity index (χ3v) is 5.70. The van der Waals surface area contributed by atoms with Gasteiger partial charge in [0, 0.05) is 16.9 Å². The van der Waals surface area contributed by atoms with Crippen LogP contribution in [0.15, 0.2) is 59.0 Å². The summed E-state index contributed by atoms with van der Waals surface area (Å²) in [6.45, 7) is 3.70. The van der Waals surface area contributed by atoms with Gasteiger partial charge in [-0.25, -0.2) is 0 Å². The molecule has 3 aromatic rings. The molecule has 0 fully saturated rings. The summed E-state index contributed by atoms with van der Waals surface area (Å²) < 4.78 is 6.86. The minimum absolute atomic E-state index is 0.0659. The number of H-pyrrole nitrogens is 1. The van der Waals surface area contributed by atoms with Crippen LogP contribution in [0.25, 0.3) is 11.3 Å². The second-order valence-electron chi connectivity index (χ2n) is 6.29. The van der Waals surface area contributed by atoms with Gasteiger partial charge >= 0.3 is 11.3 Å². The van der Waals surface area contributed by atoms with E-state index in [0.717, 1.165) is 11.3 Å². The molecule has 0 spiro atoms. The van der Waals surface area contributed by atoms with Crippen molar-refractivity contribution in [2.45, 2.75) is 11.3 Å². The first-order valence-corrected chi connectivity index (χ1v) is 10.1. The van der Waals surface area contributed by atoms with E-state index in [1.165, 1.54) is 24.9 Å². The van der Waals surface area contributed by atoms with E-state index >= 15 is 0 Å². The molecule has 0 unspecified atom stereocenters. The van der Waals surface area contributed by atoms with Gasteiger partial charge in [0.2, 0.25) is 5.16 Å². The highest BCUT2D eigenvalue weighted by molar-refractivity contribution is 7.99. The van der Waals surface area contributed by atoms with Crippen molar-refractivity contribution in [3.05, 3.63) is 70.0 Å². The van der Waals surface area contributed by atoms with Gasteiger partial charge in [0.25, 0.3) is 6.17 Å². The summed E-state index contributed by atoms with van der Waals surface area (Å²) in [4.78, 5) is 15.8. The van der Waals surface area contributed by atoms with Crippen LogP contribution in [0, 0.1) is 0 Å². The molecule has 2 aromatic carbocycles. The number of aromatic amines is 1. The van der Waals surface area contributed by atoms with Gasteiger partial charge < -0.3 is 15.2 Å². The largest absolute Gasteiger partial charge is 0.504 e. The molecule has 0 saturated carbocycles. The number of para-hydroxylation sites is 1. The lowest BCUT2D eigenvalue weighted by molar-refractivity contribution is -0.759. The number of phenolic OH excluding ortho intramolecular Hbond substituents is 1. The van der Waals surface area contributed by atoms with Crippen molar-refractivity contribution in [3.63, 3.8) is 0 Å². The standard InChI is InChI=1S/C20H17ClN4O3S/c1-3-8-29-20-23-19(27)17-11-6-4-5-7-14(11)22-18(25(17)24-20)12-9-16(28-2)15(26)10-13(12)21/h3-7,9-10,18H,1,8H2,2H3,(H2,23,24,26,27)/p+1/t18-/m1/s1. The number of aromatic hydroxyl groups is 1. The first kappa shape index (κ1) is 19.4. The Morgan fingerprint density at radius 2 is 2.21 bits per heavy atom. The van der Waals surface area contributed by atoms with E-state index < -0.39 is 6.17 Å². The number of halogens is 1. The van der Waals surface area contributed by atoms with Crippen LogP contribution in [0.5, 0.6) is 11.5 Å². The lowest BCUT2D eigenvalue weighted by Gasteiger charge is -2.23. The van der Waals surface area contributed by atoms with Gasteiger partial charge in [0.15, 0.2) is 11.5 Å². The smallest absolute Gasteiger partial charge is 0.325 e. The average molecular weight is 430 g/mol. The molecule has 0 saturated heterocycles. The van der Waals surface area contributed by atoms with Crippen LogP contribution >= 0.6 is 23.4 Å². The molecular formula is C20H18ClN4O3S+. The Labute approximate surface area is 176 Å². The zero-order valence-electron chi connectivity index (χ0n) is 15.5. The summed E-state index contributed by atoms with van der Waals surface area (Å²) in [6.07, 6.45) is 1.16. The molecule has 29 heavy (non-hydrogen) atoms. The third kappa shape index (κ3) is 3.45. The maximum Gasteiger partial charge on any atom is 0.325 e. The fourth-order valence-corrected chi connectivity index (χ4v) is 4.08. The molecule has 1 aliphatic rings. The van der Waals surface area contributed by atoms with Crippen LogP contribution < -0.4 is 20.3 Å². The summed E-state index contributed by atoms with van der Waals surface area (Å²) in [6, 6.07) is 10.5. The molecule has 0 amide bonds. The Morgan fingerprint density at radius 3 is 2.97 bits per heavy atom. The minimum atomic E-state index is -0.577. The lowest BCUT2D eigenvalue weighted by Crippen LogP contribution is -2.55. The maximum absolute atomic E-state index is 13.0. The Kier molecular flexibility index (Phi) is 5.21. The highest BCUT2D eigenvalue weighted by Gasteiger charge is 2.39. The number of nitrogens with zero attached hydrogens (tertiary/aromatic N) is 2. The molecule has 148 valence electrons. The van der Waals surface area contributed by atoms with Crippen molar-refractivity contribution in [3.8, 4) is 22.8 Å². The number of anilines is 1. The summed E-state index contributed by atoms with van der Waals surface area (Å²) in [5, 5.41) is 18.8. The third-order valence-electron chi connectivity index (χ3n) is 4.51. The fraction of sp³-hybridized carbons (Fsp3) is 0.150. The molecule has 9 heteroatoms. The predicted molar refractivity (Wildman–Crippen MR) is 113 cm³/mol.